The summed E-state index contributed by atoms with van der Waals surface area (Å²) in [5.74, 6) is 0.769. The largest absolute Gasteiger partial charge is 0.495 e. The molecule has 2 nitrogen and oxygen atoms in total. The molecule has 100 valence electrons. The molecule has 1 aromatic rings. The summed E-state index contributed by atoms with van der Waals surface area (Å²) < 4.78 is 5.37. The van der Waals surface area contributed by atoms with Crippen LogP contribution in [0, 0.1) is 6.92 Å². The van der Waals surface area contributed by atoms with E-state index in [1.165, 1.54) is 30.4 Å². The Morgan fingerprint density at radius 1 is 1.28 bits per heavy atom. The number of hydrogen-bond acceptors (Lipinski definition) is 2. The third-order valence-electron chi connectivity index (χ3n) is 4.18. The van der Waals surface area contributed by atoms with E-state index in [1.54, 1.807) is 7.11 Å². The van der Waals surface area contributed by atoms with Crippen molar-refractivity contribution in [3.63, 3.8) is 0 Å². The van der Waals surface area contributed by atoms with Gasteiger partial charge in [0.2, 0.25) is 0 Å². The lowest BCUT2D eigenvalue weighted by atomic mass is 9.69. The summed E-state index contributed by atoms with van der Waals surface area (Å²) >= 11 is 6.50. The van der Waals surface area contributed by atoms with Gasteiger partial charge in [0.25, 0.3) is 0 Å². The van der Waals surface area contributed by atoms with Crippen LogP contribution in [0.25, 0.3) is 0 Å². The first-order valence-electron chi connectivity index (χ1n) is 6.67. The molecule has 1 aromatic carbocycles. The molecule has 0 aliphatic heterocycles. The Kier molecular flexibility index (Phi) is 4.18. The van der Waals surface area contributed by atoms with Crippen LogP contribution in [-0.2, 0) is 5.41 Å². The van der Waals surface area contributed by atoms with Gasteiger partial charge in [0, 0.05) is 12.0 Å². The molecule has 1 fully saturated rings. The molecule has 1 aliphatic carbocycles. The minimum absolute atomic E-state index is 0.0502. The highest BCUT2D eigenvalue weighted by molar-refractivity contribution is 6.33. The van der Waals surface area contributed by atoms with Crippen LogP contribution in [0.5, 0.6) is 5.75 Å². The number of ether oxygens (including phenoxy) is 1. The maximum atomic E-state index is 6.50. The summed E-state index contributed by atoms with van der Waals surface area (Å²) in [6.07, 6.45) is 6.06. The van der Waals surface area contributed by atoms with Crippen molar-refractivity contribution in [3.8, 4) is 5.75 Å². The summed E-state index contributed by atoms with van der Waals surface area (Å²) in [5.41, 5.74) is 8.50. The van der Waals surface area contributed by atoms with E-state index >= 15 is 0 Å². The quantitative estimate of drug-likeness (QED) is 0.904. The van der Waals surface area contributed by atoms with Gasteiger partial charge in [0.1, 0.15) is 5.75 Å². The van der Waals surface area contributed by atoms with Gasteiger partial charge >= 0.3 is 0 Å². The van der Waals surface area contributed by atoms with E-state index in [9.17, 15) is 0 Å². The van der Waals surface area contributed by atoms with Crippen LogP contribution < -0.4 is 10.5 Å². The first-order chi connectivity index (χ1) is 8.63. The second-order valence-electron chi connectivity index (χ2n) is 5.37. The summed E-state index contributed by atoms with van der Waals surface area (Å²) in [6.45, 7) is 2.74. The van der Waals surface area contributed by atoms with Gasteiger partial charge in [0.05, 0.1) is 12.1 Å². The van der Waals surface area contributed by atoms with Crippen molar-refractivity contribution in [2.24, 2.45) is 5.73 Å². The molecule has 0 heterocycles. The van der Waals surface area contributed by atoms with Crippen molar-refractivity contribution in [2.45, 2.75) is 44.4 Å². The summed E-state index contributed by atoms with van der Waals surface area (Å²) in [6, 6.07) is 4.17. The lowest BCUT2D eigenvalue weighted by Crippen LogP contribution is -2.37. The highest BCUT2D eigenvalue weighted by Crippen LogP contribution is 2.44. The third kappa shape index (κ3) is 2.36. The molecule has 0 spiro atoms. The number of halogens is 1. The van der Waals surface area contributed by atoms with Gasteiger partial charge in [0.15, 0.2) is 0 Å². The number of rotatable bonds is 3. The van der Waals surface area contributed by atoms with Crippen LogP contribution in [0.3, 0.4) is 0 Å². The van der Waals surface area contributed by atoms with Crippen molar-refractivity contribution in [3.05, 3.63) is 28.3 Å². The van der Waals surface area contributed by atoms with Crippen molar-refractivity contribution in [1.82, 2.24) is 0 Å². The topological polar surface area (TPSA) is 35.2 Å². The molecule has 0 radical (unpaired) electrons. The molecule has 2 rings (SSSR count). The first kappa shape index (κ1) is 13.7. The maximum absolute atomic E-state index is 6.50. The number of benzene rings is 1. The standard InChI is InChI=1S/C15H22ClNO/c1-11-8-12(14(16)13(9-11)18-2)15(10-17)6-4-3-5-7-15/h8-9H,3-7,10,17H2,1-2H3. The normalized spacial score (nSPS) is 18.7. The predicted molar refractivity (Wildman–Crippen MR) is 76.6 cm³/mol. The van der Waals surface area contributed by atoms with E-state index in [2.05, 4.69) is 13.0 Å². The van der Waals surface area contributed by atoms with Crippen LogP contribution in [0.2, 0.25) is 5.02 Å². The highest BCUT2D eigenvalue weighted by Gasteiger charge is 2.35. The number of aryl methyl sites for hydroxylation is 1. The highest BCUT2D eigenvalue weighted by atomic mass is 35.5. The van der Waals surface area contributed by atoms with E-state index in [-0.39, 0.29) is 5.41 Å². The predicted octanol–water partition coefficient (Wildman–Crippen LogP) is 3.82. The number of hydrogen-bond donors (Lipinski definition) is 1. The van der Waals surface area contributed by atoms with Crippen molar-refractivity contribution in [1.29, 1.82) is 0 Å². The fourth-order valence-electron chi connectivity index (χ4n) is 3.08. The zero-order valence-electron chi connectivity index (χ0n) is 11.3. The van der Waals surface area contributed by atoms with Gasteiger partial charge in [-0.1, -0.05) is 36.9 Å². The molecule has 18 heavy (non-hydrogen) atoms. The molecule has 0 unspecified atom stereocenters. The van der Waals surface area contributed by atoms with Crippen LogP contribution >= 0.6 is 11.6 Å². The summed E-state index contributed by atoms with van der Waals surface area (Å²) in [7, 11) is 1.67. The first-order valence-corrected chi connectivity index (χ1v) is 7.05. The molecule has 3 heteroatoms. The Hall–Kier alpha value is -0.730. The SMILES string of the molecule is COc1cc(C)cc(C2(CN)CCCCC2)c1Cl. The van der Waals surface area contributed by atoms with E-state index in [0.717, 1.165) is 23.6 Å². The zero-order valence-corrected chi connectivity index (χ0v) is 12.0. The van der Waals surface area contributed by atoms with Gasteiger partial charge < -0.3 is 10.5 Å². The fourth-order valence-corrected chi connectivity index (χ4v) is 3.47. The van der Waals surface area contributed by atoms with E-state index in [0.29, 0.717) is 6.54 Å². The average molecular weight is 268 g/mol. The maximum Gasteiger partial charge on any atom is 0.138 e. The Labute approximate surface area is 114 Å². The summed E-state index contributed by atoms with van der Waals surface area (Å²) in [4.78, 5) is 0. The van der Waals surface area contributed by atoms with Gasteiger partial charge in [-0.15, -0.1) is 0 Å². The van der Waals surface area contributed by atoms with Crippen molar-refractivity contribution >= 4 is 11.6 Å². The molecule has 2 N–H and O–H groups in total. The van der Waals surface area contributed by atoms with Gasteiger partial charge in [-0.25, -0.2) is 0 Å². The second kappa shape index (κ2) is 5.50. The third-order valence-corrected chi connectivity index (χ3v) is 4.57. The van der Waals surface area contributed by atoms with E-state index < -0.39 is 0 Å². The van der Waals surface area contributed by atoms with Gasteiger partial charge in [-0.3, -0.25) is 0 Å². The molecule has 0 atom stereocenters. The number of nitrogens with two attached hydrogens (primary N) is 1. The minimum Gasteiger partial charge on any atom is -0.495 e. The molecular weight excluding hydrogens is 246 g/mol. The Morgan fingerprint density at radius 3 is 2.50 bits per heavy atom. The molecule has 0 bridgehead atoms. The van der Waals surface area contributed by atoms with Gasteiger partial charge in [-0.2, -0.15) is 0 Å². The van der Waals surface area contributed by atoms with E-state index in [4.69, 9.17) is 22.1 Å². The lowest BCUT2D eigenvalue weighted by molar-refractivity contribution is 0.299. The van der Waals surface area contributed by atoms with Crippen LogP contribution in [0.15, 0.2) is 12.1 Å². The van der Waals surface area contributed by atoms with E-state index in [1.807, 2.05) is 6.07 Å². The van der Waals surface area contributed by atoms with Gasteiger partial charge in [-0.05, 0) is 37.0 Å². The van der Waals surface area contributed by atoms with Crippen molar-refractivity contribution < 1.29 is 4.74 Å². The van der Waals surface area contributed by atoms with Crippen LogP contribution in [-0.4, -0.2) is 13.7 Å². The molecule has 1 saturated carbocycles. The Morgan fingerprint density at radius 2 is 1.94 bits per heavy atom. The summed E-state index contributed by atoms with van der Waals surface area (Å²) in [5, 5.41) is 0.746. The monoisotopic (exact) mass is 267 g/mol. The minimum atomic E-state index is 0.0502. The Balaban J connectivity index is 2.50. The molecule has 1 aliphatic rings. The van der Waals surface area contributed by atoms with Crippen LogP contribution in [0.4, 0.5) is 0 Å². The van der Waals surface area contributed by atoms with Crippen LogP contribution in [0.1, 0.15) is 43.2 Å². The smallest absolute Gasteiger partial charge is 0.138 e. The zero-order chi connectivity index (χ0) is 13.2. The molecule has 0 amide bonds. The lowest BCUT2D eigenvalue weighted by Gasteiger charge is -2.38. The average Bonchev–Trinajstić information content (AvgIpc) is 2.41. The molecular formula is C15H22ClNO. The molecule has 0 aromatic heterocycles. The number of methoxy groups -OCH3 is 1. The second-order valence-corrected chi connectivity index (χ2v) is 5.75. The Bertz CT molecular complexity index is 425. The molecule has 0 saturated heterocycles. The van der Waals surface area contributed by atoms with Crippen molar-refractivity contribution in [2.75, 3.05) is 13.7 Å². The fraction of sp³-hybridized carbons (Fsp3) is 0.600.